The van der Waals surface area contributed by atoms with Gasteiger partial charge < -0.3 is 15.4 Å². The molecule has 0 aliphatic carbocycles. The zero-order valence-electron chi connectivity index (χ0n) is 11.3. The van der Waals surface area contributed by atoms with Gasteiger partial charge in [-0.2, -0.15) is 0 Å². The monoisotopic (exact) mass is 292 g/mol. The Morgan fingerprint density at radius 3 is 2.65 bits per heavy atom. The predicted molar refractivity (Wildman–Crippen MR) is 79.6 cm³/mol. The molecule has 1 heterocycles. The summed E-state index contributed by atoms with van der Waals surface area (Å²) in [5.41, 5.74) is 0.693. The first kappa shape index (κ1) is 14.3. The van der Waals surface area contributed by atoms with E-state index in [9.17, 15) is 4.79 Å². The quantitative estimate of drug-likeness (QED) is 0.856. The Morgan fingerprint density at radius 1 is 1.25 bits per heavy atom. The molecule has 0 aliphatic rings. The van der Waals surface area contributed by atoms with E-state index in [1.54, 1.807) is 12.1 Å². The lowest BCUT2D eigenvalue weighted by atomic mass is 10.3. The highest BCUT2D eigenvalue weighted by molar-refractivity contribution is 7.17. The molecule has 0 bridgehead atoms. The number of nitrogens with one attached hydrogen (secondary N) is 2. The van der Waals surface area contributed by atoms with E-state index >= 15 is 0 Å². The summed E-state index contributed by atoms with van der Waals surface area (Å²) in [6.45, 7) is 5.24. The van der Waals surface area contributed by atoms with Gasteiger partial charge in [-0.3, -0.25) is 4.79 Å². The maximum Gasteiger partial charge on any atom is 0.286 e. The van der Waals surface area contributed by atoms with Crippen LogP contribution >= 0.6 is 11.3 Å². The summed E-state index contributed by atoms with van der Waals surface area (Å²) in [7, 11) is 0. The van der Waals surface area contributed by atoms with E-state index in [0.29, 0.717) is 22.4 Å². The molecule has 6 nitrogen and oxygen atoms in total. The first-order chi connectivity index (χ1) is 9.72. The highest BCUT2D eigenvalue weighted by atomic mass is 32.1. The number of benzene rings is 1. The van der Waals surface area contributed by atoms with E-state index in [0.717, 1.165) is 12.3 Å². The number of hydrogen-bond acceptors (Lipinski definition) is 6. The molecule has 1 aromatic carbocycles. The minimum atomic E-state index is -0.268. The fourth-order valence-electron chi connectivity index (χ4n) is 1.52. The Kier molecular flexibility index (Phi) is 4.89. The number of carbonyl (C=O) groups excluding carboxylic acids is 1. The lowest BCUT2D eigenvalue weighted by molar-refractivity contribution is 0.102. The van der Waals surface area contributed by atoms with Gasteiger partial charge in [0.2, 0.25) is 10.1 Å². The van der Waals surface area contributed by atoms with Crippen LogP contribution in [0.1, 0.15) is 23.6 Å². The number of ether oxygens (including phenoxy) is 1. The highest BCUT2D eigenvalue weighted by Gasteiger charge is 2.12. The summed E-state index contributed by atoms with van der Waals surface area (Å²) in [6, 6.07) is 7.19. The van der Waals surface area contributed by atoms with Crippen molar-refractivity contribution in [3.63, 3.8) is 0 Å². The molecular weight excluding hydrogens is 276 g/mol. The molecule has 1 amide bonds. The minimum absolute atomic E-state index is 0.268. The Hall–Kier alpha value is -2.15. The first-order valence-corrected chi connectivity index (χ1v) is 7.16. The largest absolute Gasteiger partial charge is 0.494 e. The Bertz CT molecular complexity index is 568. The normalized spacial score (nSPS) is 10.1. The predicted octanol–water partition coefficient (Wildman–Crippen LogP) is 2.62. The fourth-order valence-corrected chi connectivity index (χ4v) is 2.23. The third kappa shape index (κ3) is 3.67. The standard InChI is InChI=1S/C13H16N4O2S/c1-3-14-13-17-16-12(20-13)11(18)15-9-5-7-10(8-6-9)19-4-2/h5-8H,3-4H2,1-2H3,(H,14,17)(H,15,18). The molecule has 2 N–H and O–H groups in total. The van der Waals surface area contributed by atoms with Crippen molar-refractivity contribution in [1.82, 2.24) is 10.2 Å². The zero-order valence-corrected chi connectivity index (χ0v) is 12.2. The van der Waals surface area contributed by atoms with Crippen LogP contribution in [-0.2, 0) is 0 Å². The molecular formula is C13H16N4O2S. The number of carbonyl (C=O) groups is 1. The molecule has 0 fully saturated rings. The smallest absolute Gasteiger partial charge is 0.286 e. The number of anilines is 2. The molecule has 106 valence electrons. The molecule has 0 aliphatic heterocycles. The van der Waals surface area contributed by atoms with Crippen molar-refractivity contribution in [1.29, 1.82) is 0 Å². The summed E-state index contributed by atoms with van der Waals surface area (Å²) in [4.78, 5) is 12.0. The second-order valence-corrected chi connectivity index (χ2v) is 4.83. The second-order valence-electron chi connectivity index (χ2n) is 3.85. The number of aromatic nitrogens is 2. The van der Waals surface area contributed by atoms with E-state index in [-0.39, 0.29) is 5.91 Å². The molecule has 0 saturated carbocycles. The summed E-state index contributed by atoms with van der Waals surface area (Å²) in [5.74, 6) is 0.506. The van der Waals surface area contributed by atoms with Gasteiger partial charge in [-0.05, 0) is 38.1 Å². The summed E-state index contributed by atoms with van der Waals surface area (Å²) >= 11 is 1.23. The van der Waals surface area contributed by atoms with E-state index in [2.05, 4.69) is 20.8 Å². The van der Waals surface area contributed by atoms with Crippen molar-refractivity contribution < 1.29 is 9.53 Å². The van der Waals surface area contributed by atoms with Gasteiger partial charge in [0, 0.05) is 12.2 Å². The Labute approximate surface area is 121 Å². The van der Waals surface area contributed by atoms with Crippen LogP contribution in [0.5, 0.6) is 5.75 Å². The van der Waals surface area contributed by atoms with Gasteiger partial charge in [0.1, 0.15) is 5.75 Å². The minimum Gasteiger partial charge on any atom is -0.494 e. The summed E-state index contributed by atoms with van der Waals surface area (Å²) in [5, 5.41) is 14.5. The summed E-state index contributed by atoms with van der Waals surface area (Å²) in [6.07, 6.45) is 0. The third-order valence-corrected chi connectivity index (χ3v) is 3.25. The van der Waals surface area contributed by atoms with Crippen molar-refractivity contribution in [3.8, 4) is 5.75 Å². The average Bonchev–Trinajstić information content (AvgIpc) is 2.90. The summed E-state index contributed by atoms with van der Waals surface area (Å²) < 4.78 is 5.34. The van der Waals surface area contributed by atoms with Crippen molar-refractivity contribution in [2.75, 3.05) is 23.8 Å². The van der Waals surface area contributed by atoms with Crippen LogP contribution in [0.15, 0.2) is 24.3 Å². The maximum absolute atomic E-state index is 12.0. The molecule has 20 heavy (non-hydrogen) atoms. The molecule has 0 saturated heterocycles. The van der Waals surface area contributed by atoms with Crippen LogP contribution in [0, 0.1) is 0 Å². The number of nitrogens with zero attached hydrogens (tertiary/aromatic N) is 2. The van der Waals surface area contributed by atoms with Crippen molar-refractivity contribution in [2.24, 2.45) is 0 Å². The third-order valence-electron chi connectivity index (χ3n) is 2.37. The first-order valence-electron chi connectivity index (χ1n) is 6.34. The molecule has 0 spiro atoms. The van der Waals surface area contributed by atoms with Crippen LogP contribution < -0.4 is 15.4 Å². The lowest BCUT2D eigenvalue weighted by Crippen LogP contribution is -2.11. The Morgan fingerprint density at radius 2 is 2.00 bits per heavy atom. The van der Waals surface area contributed by atoms with Crippen molar-refractivity contribution in [2.45, 2.75) is 13.8 Å². The van der Waals surface area contributed by atoms with E-state index in [1.807, 2.05) is 26.0 Å². The highest BCUT2D eigenvalue weighted by Crippen LogP contribution is 2.19. The van der Waals surface area contributed by atoms with Crippen LogP contribution in [0.2, 0.25) is 0 Å². The van der Waals surface area contributed by atoms with E-state index in [4.69, 9.17) is 4.74 Å². The van der Waals surface area contributed by atoms with Gasteiger partial charge >= 0.3 is 0 Å². The van der Waals surface area contributed by atoms with Crippen molar-refractivity contribution >= 4 is 28.1 Å². The molecule has 0 atom stereocenters. The molecule has 7 heteroatoms. The van der Waals surface area contributed by atoms with Crippen LogP contribution in [0.25, 0.3) is 0 Å². The number of rotatable bonds is 6. The Balaban J connectivity index is 1.99. The number of hydrogen-bond donors (Lipinski definition) is 2. The van der Waals surface area contributed by atoms with Gasteiger partial charge in [-0.25, -0.2) is 0 Å². The van der Waals surface area contributed by atoms with Gasteiger partial charge in [0.25, 0.3) is 5.91 Å². The second kappa shape index (κ2) is 6.85. The maximum atomic E-state index is 12.0. The molecule has 0 radical (unpaired) electrons. The zero-order chi connectivity index (χ0) is 14.4. The molecule has 2 aromatic rings. The van der Waals surface area contributed by atoms with E-state index < -0.39 is 0 Å². The van der Waals surface area contributed by atoms with Crippen LogP contribution in [0.4, 0.5) is 10.8 Å². The van der Waals surface area contributed by atoms with Crippen LogP contribution in [0.3, 0.4) is 0 Å². The van der Waals surface area contributed by atoms with Gasteiger partial charge in [-0.15, -0.1) is 10.2 Å². The van der Waals surface area contributed by atoms with Gasteiger partial charge in [-0.1, -0.05) is 11.3 Å². The van der Waals surface area contributed by atoms with Crippen molar-refractivity contribution in [3.05, 3.63) is 29.3 Å². The SMILES string of the molecule is CCNc1nnc(C(=O)Nc2ccc(OCC)cc2)s1. The molecule has 0 unspecified atom stereocenters. The van der Waals surface area contributed by atoms with Gasteiger partial charge in [0.05, 0.1) is 6.61 Å². The topological polar surface area (TPSA) is 76.1 Å². The molecule has 1 aromatic heterocycles. The lowest BCUT2D eigenvalue weighted by Gasteiger charge is -2.05. The average molecular weight is 292 g/mol. The van der Waals surface area contributed by atoms with E-state index in [1.165, 1.54) is 11.3 Å². The van der Waals surface area contributed by atoms with Crippen LogP contribution in [-0.4, -0.2) is 29.3 Å². The fraction of sp³-hybridized carbons (Fsp3) is 0.308. The van der Waals surface area contributed by atoms with Gasteiger partial charge in [0.15, 0.2) is 0 Å². The number of amides is 1. The molecule has 2 rings (SSSR count).